The van der Waals surface area contributed by atoms with Crippen molar-refractivity contribution in [2.75, 3.05) is 38.2 Å². The predicted octanol–water partition coefficient (Wildman–Crippen LogP) is 1.70. The van der Waals surface area contributed by atoms with Gasteiger partial charge in [-0.2, -0.15) is 0 Å². The molecule has 2 aliphatic heterocycles. The van der Waals surface area contributed by atoms with Gasteiger partial charge in [-0.1, -0.05) is 6.07 Å². The monoisotopic (exact) mass is 410 g/mol. The highest BCUT2D eigenvalue weighted by molar-refractivity contribution is 5.93. The second-order valence-corrected chi connectivity index (χ2v) is 7.74. The number of carbonyl (C=O) groups excluding carboxylic acids is 2. The van der Waals surface area contributed by atoms with Crippen molar-refractivity contribution < 1.29 is 19.1 Å². The number of pyridine rings is 1. The van der Waals surface area contributed by atoms with E-state index in [0.717, 1.165) is 19.4 Å². The van der Waals surface area contributed by atoms with Gasteiger partial charge in [0.2, 0.25) is 11.8 Å². The lowest BCUT2D eigenvalue weighted by molar-refractivity contribution is -0.127. The number of nitrogens with two attached hydrogens (primary N) is 1. The van der Waals surface area contributed by atoms with Gasteiger partial charge in [-0.05, 0) is 43.7 Å². The minimum atomic E-state index is -0.880. The summed E-state index contributed by atoms with van der Waals surface area (Å²) in [5, 5.41) is 2.91. The first kappa shape index (κ1) is 20.2. The number of hydrogen-bond donors (Lipinski definition) is 2. The van der Waals surface area contributed by atoms with Crippen LogP contribution in [0.2, 0.25) is 0 Å². The zero-order valence-electron chi connectivity index (χ0n) is 16.8. The fourth-order valence-electron chi connectivity index (χ4n) is 4.11. The Hall–Kier alpha value is -3.13. The Kier molecular flexibility index (Phi) is 5.85. The number of primary amides is 1. The van der Waals surface area contributed by atoms with Crippen LogP contribution in [0.3, 0.4) is 0 Å². The number of ether oxygens (including phenoxy) is 2. The Morgan fingerprint density at radius 1 is 1.13 bits per heavy atom. The van der Waals surface area contributed by atoms with Crippen molar-refractivity contribution >= 4 is 17.5 Å². The quantitative estimate of drug-likeness (QED) is 0.777. The third kappa shape index (κ3) is 4.23. The first-order valence-corrected chi connectivity index (χ1v) is 10.2. The van der Waals surface area contributed by atoms with Gasteiger partial charge in [-0.3, -0.25) is 19.5 Å². The average Bonchev–Trinajstić information content (AvgIpc) is 2.99. The highest BCUT2D eigenvalue weighted by atomic mass is 16.5. The molecule has 3 N–H and O–H groups in total. The minimum absolute atomic E-state index is 0.161. The summed E-state index contributed by atoms with van der Waals surface area (Å²) in [5.74, 6) is 0.745. The van der Waals surface area contributed by atoms with Gasteiger partial charge < -0.3 is 20.5 Å². The molecule has 0 unspecified atom stereocenters. The molecule has 0 spiro atoms. The third-order valence-corrected chi connectivity index (χ3v) is 5.60. The molecular formula is C22H26N4O4. The van der Waals surface area contributed by atoms with Crippen LogP contribution in [-0.4, -0.2) is 54.5 Å². The summed E-state index contributed by atoms with van der Waals surface area (Å²) >= 11 is 0. The lowest BCUT2D eigenvalue weighted by Gasteiger charge is -2.40. The Balaban J connectivity index is 1.43. The molecule has 8 nitrogen and oxygen atoms in total. The van der Waals surface area contributed by atoms with Crippen LogP contribution in [0.1, 0.15) is 25.0 Å². The van der Waals surface area contributed by atoms with Gasteiger partial charge in [-0.25, -0.2) is 0 Å². The number of nitrogens with zero attached hydrogens (tertiary/aromatic N) is 2. The van der Waals surface area contributed by atoms with E-state index in [0.29, 0.717) is 49.1 Å². The molecule has 8 heteroatoms. The number of likely N-dealkylation sites (tertiary alicyclic amines) is 1. The van der Waals surface area contributed by atoms with Crippen LogP contribution < -0.4 is 20.5 Å². The van der Waals surface area contributed by atoms with Gasteiger partial charge in [0.15, 0.2) is 11.5 Å². The normalized spacial score (nSPS) is 21.5. The fourth-order valence-corrected chi connectivity index (χ4v) is 4.11. The number of fused-ring (bicyclic) bond motifs is 1. The van der Waals surface area contributed by atoms with Crippen molar-refractivity contribution in [2.24, 2.45) is 5.73 Å². The predicted molar refractivity (Wildman–Crippen MR) is 111 cm³/mol. The Labute approximate surface area is 175 Å². The largest absolute Gasteiger partial charge is 0.490 e. The number of rotatable bonds is 5. The molecular weight excluding hydrogens is 384 g/mol. The zero-order valence-corrected chi connectivity index (χ0v) is 16.8. The fraction of sp³-hybridized carbons (Fsp3) is 0.409. The smallest absolute Gasteiger partial charge is 0.238 e. The molecule has 0 bridgehead atoms. The van der Waals surface area contributed by atoms with E-state index in [4.69, 9.17) is 15.2 Å². The molecule has 1 atom stereocenters. The van der Waals surface area contributed by atoms with E-state index >= 15 is 0 Å². The van der Waals surface area contributed by atoms with E-state index in [1.165, 1.54) is 0 Å². The minimum Gasteiger partial charge on any atom is -0.490 e. The maximum atomic E-state index is 12.7. The Morgan fingerprint density at radius 3 is 2.73 bits per heavy atom. The van der Waals surface area contributed by atoms with Crippen LogP contribution in [0.25, 0.3) is 0 Å². The van der Waals surface area contributed by atoms with Crippen molar-refractivity contribution in [3.63, 3.8) is 0 Å². The van der Waals surface area contributed by atoms with Gasteiger partial charge >= 0.3 is 0 Å². The average molecular weight is 410 g/mol. The second-order valence-electron chi connectivity index (χ2n) is 7.74. The van der Waals surface area contributed by atoms with Crippen molar-refractivity contribution in [1.82, 2.24) is 9.88 Å². The van der Waals surface area contributed by atoms with Crippen molar-refractivity contribution in [1.29, 1.82) is 0 Å². The van der Waals surface area contributed by atoms with Crippen LogP contribution in [-0.2, 0) is 15.0 Å². The lowest BCUT2D eigenvalue weighted by Crippen LogP contribution is -2.55. The molecule has 1 aromatic heterocycles. The standard InChI is InChI=1S/C22H26N4O4/c23-21(28)22(19-5-1-2-9-24-19)8-3-10-26(15-22)14-20(27)25-16-6-7-17-18(13-16)30-12-4-11-29-17/h1-2,5-7,9,13H,3-4,8,10-12,14-15H2,(H2,23,28)(H,25,27)/t22-/m0/s1. The molecule has 1 fully saturated rings. The van der Waals surface area contributed by atoms with E-state index in [1.807, 2.05) is 23.1 Å². The van der Waals surface area contributed by atoms with Crippen LogP contribution in [0, 0.1) is 0 Å². The van der Waals surface area contributed by atoms with Gasteiger partial charge in [0.05, 0.1) is 25.5 Å². The summed E-state index contributed by atoms with van der Waals surface area (Å²) in [6.07, 6.45) is 3.87. The SMILES string of the molecule is NC(=O)[C@@]1(c2ccccn2)CCCN(CC(=O)Nc2ccc3c(c2)OCCCO3)C1. The first-order chi connectivity index (χ1) is 14.6. The summed E-state index contributed by atoms with van der Waals surface area (Å²) in [7, 11) is 0. The van der Waals surface area contributed by atoms with E-state index < -0.39 is 11.3 Å². The summed E-state index contributed by atoms with van der Waals surface area (Å²) in [6.45, 7) is 2.45. The van der Waals surface area contributed by atoms with Crippen molar-refractivity contribution in [3.8, 4) is 11.5 Å². The Bertz CT molecular complexity index is 921. The van der Waals surface area contributed by atoms with Crippen LogP contribution in [0.4, 0.5) is 5.69 Å². The van der Waals surface area contributed by atoms with Gasteiger partial charge in [-0.15, -0.1) is 0 Å². The Morgan fingerprint density at radius 2 is 1.97 bits per heavy atom. The number of piperidine rings is 1. The van der Waals surface area contributed by atoms with Gasteiger partial charge in [0.25, 0.3) is 0 Å². The number of nitrogens with one attached hydrogen (secondary N) is 1. The molecule has 0 saturated carbocycles. The molecule has 0 aliphatic carbocycles. The number of amides is 2. The molecule has 1 saturated heterocycles. The molecule has 2 amide bonds. The molecule has 4 rings (SSSR count). The van der Waals surface area contributed by atoms with Crippen molar-refractivity contribution in [2.45, 2.75) is 24.7 Å². The highest BCUT2D eigenvalue weighted by Crippen LogP contribution is 2.34. The van der Waals surface area contributed by atoms with E-state index in [2.05, 4.69) is 10.3 Å². The van der Waals surface area contributed by atoms with Gasteiger partial charge in [0.1, 0.15) is 5.41 Å². The molecule has 2 aliphatic rings. The van der Waals surface area contributed by atoms with E-state index in [9.17, 15) is 9.59 Å². The molecule has 30 heavy (non-hydrogen) atoms. The number of anilines is 1. The molecule has 158 valence electrons. The summed E-state index contributed by atoms with van der Waals surface area (Å²) < 4.78 is 11.3. The van der Waals surface area contributed by atoms with Crippen molar-refractivity contribution in [3.05, 3.63) is 48.3 Å². The van der Waals surface area contributed by atoms with Crippen LogP contribution in [0.5, 0.6) is 11.5 Å². The topological polar surface area (TPSA) is 107 Å². The lowest BCUT2D eigenvalue weighted by atomic mass is 9.76. The summed E-state index contributed by atoms with van der Waals surface area (Å²) in [4.78, 5) is 31.4. The number of benzene rings is 1. The molecule has 0 radical (unpaired) electrons. The molecule has 2 aromatic rings. The molecule has 3 heterocycles. The maximum Gasteiger partial charge on any atom is 0.238 e. The van der Waals surface area contributed by atoms with Crippen LogP contribution >= 0.6 is 0 Å². The third-order valence-electron chi connectivity index (χ3n) is 5.60. The number of carbonyl (C=O) groups is 2. The van der Waals surface area contributed by atoms with E-state index in [1.54, 1.807) is 24.4 Å². The summed E-state index contributed by atoms with van der Waals surface area (Å²) in [5.41, 5.74) is 6.22. The van der Waals surface area contributed by atoms with Gasteiger partial charge in [0, 0.05) is 30.9 Å². The molecule has 1 aromatic carbocycles. The van der Waals surface area contributed by atoms with Crippen LogP contribution in [0.15, 0.2) is 42.6 Å². The zero-order chi connectivity index (χ0) is 21.0. The van der Waals surface area contributed by atoms with E-state index in [-0.39, 0.29) is 12.5 Å². The number of aromatic nitrogens is 1. The second kappa shape index (κ2) is 8.71. The maximum absolute atomic E-state index is 12.7. The number of hydrogen-bond acceptors (Lipinski definition) is 6. The highest BCUT2D eigenvalue weighted by Gasteiger charge is 2.43. The first-order valence-electron chi connectivity index (χ1n) is 10.2. The summed E-state index contributed by atoms with van der Waals surface area (Å²) in [6, 6.07) is 10.9.